The van der Waals surface area contributed by atoms with Crippen LogP contribution in [-0.2, 0) is 68.7 Å². The van der Waals surface area contributed by atoms with E-state index in [1.807, 2.05) is 140 Å². The first-order valence-electron chi connectivity index (χ1n) is 19.2. The minimum atomic E-state index is -1.93. The highest BCUT2D eigenvalue weighted by molar-refractivity contribution is 5.34. The maximum atomic E-state index is 13.2. The molecule has 5 atom stereocenters. The normalized spacial score (nSPS) is 21.0. The Morgan fingerprint density at radius 3 is 1.51 bits per heavy atom. The predicted molar refractivity (Wildman–Crippen MR) is 215 cm³/mol. The Morgan fingerprint density at radius 2 is 0.964 bits per heavy atom. The van der Waals surface area contributed by atoms with Crippen molar-refractivity contribution >= 4 is 0 Å². The number of ether oxygens (including phenoxy) is 5. The van der Waals surface area contributed by atoms with Crippen LogP contribution < -0.4 is 0 Å². The van der Waals surface area contributed by atoms with Crippen molar-refractivity contribution in [1.29, 1.82) is 0 Å². The Hall–Kier alpha value is -4.92. The van der Waals surface area contributed by atoms with Gasteiger partial charge in [0.05, 0.1) is 33.0 Å². The molecule has 1 fully saturated rings. The third-order valence-electron chi connectivity index (χ3n) is 10.1. The van der Waals surface area contributed by atoms with Gasteiger partial charge in [-0.25, -0.2) is 0 Å². The number of aliphatic hydroxyl groups is 1. The van der Waals surface area contributed by atoms with Gasteiger partial charge < -0.3 is 28.8 Å². The molecule has 6 nitrogen and oxygen atoms in total. The molecule has 6 aromatic rings. The Morgan fingerprint density at radius 1 is 0.491 bits per heavy atom. The van der Waals surface area contributed by atoms with E-state index in [4.69, 9.17) is 23.7 Å². The van der Waals surface area contributed by atoms with Gasteiger partial charge in [0.25, 0.3) is 0 Å². The van der Waals surface area contributed by atoms with Crippen LogP contribution in [0.3, 0.4) is 0 Å². The van der Waals surface area contributed by atoms with Gasteiger partial charge in [0.15, 0.2) is 0 Å². The zero-order valence-electron chi connectivity index (χ0n) is 31.4. The molecule has 1 N–H and O–H groups in total. The lowest BCUT2D eigenvalue weighted by Crippen LogP contribution is -2.65. The predicted octanol–water partition coefficient (Wildman–Crippen LogP) is 9.36. The van der Waals surface area contributed by atoms with E-state index >= 15 is 0 Å². The molecule has 1 saturated heterocycles. The highest BCUT2D eigenvalue weighted by Crippen LogP contribution is 2.42. The summed E-state index contributed by atoms with van der Waals surface area (Å²) in [6.45, 7) is 3.51. The van der Waals surface area contributed by atoms with E-state index in [0.29, 0.717) is 25.2 Å². The lowest BCUT2D eigenvalue weighted by atomic mass is 9.86. The first kappa shape index (κ1) is 38.4. The second-order valence-corrected chi connectivity index (χ2v) is 14.1. The van der Waals surface area contributed by atoms with Crippen molar-refractivity contribution in [2.75, 3.05) is 6.61 Å². The summed E-state index contributed by atoms with van der Waals surface area (Å²) in [6.07, 6.45) is -1.45. The Balaban J connectivity index is 1.27. The van der Waals surface area contributed by atoms with Crippen molar-refractivity contribution in [3.8, 4) is 0 Å². The number of hydrogen-bond acceptors (Lipinski definition) is 6. The minimum Gasteiger partial charge on any atom is -0.374 e. The lowest BCUT2D eigenvalue weighted by Gasteiger charge is -2.50. The van der Waals surface area contributed by atoms with Crippen LogP contribution >= 0.6 is 0 Å². The average molecular weight is 735 g/mol. The molecule has 1 aliphatic rings. The van der Waals surface area contributed by atoms with Gasteiger partial charge in [0.1, 0.15) is 24.4 Å². The zero-order chi connectivity index (χ0) is 37.7. The molecule has 0 radical (unpaired) electrons. The van der Waals surface area contributed by atoms with Gasteiger partial charge in [0.2, 0.25) is 5.79 Å². The van der Waals surface area contributed by atoms with Crippen molar-refractivity contribution in [3.05, 3.63) is 214 Å². The molecular weight excluding hydrogens is 685 g/mol. The second-order valence-electron chi connectivity index (χ2n) is 14.1. The molecule has 0 amide bonds. The highest BCUT2D eigenvalue weighted by Gasteiger charge is 2.57. The van der Waals surface area contributed by atoms with Crippen LogP contribution in [0.25, 0.3) is 0 Å². The van der Waals surface area contributed by atoms with Crippen LogP contribution in [-0.4, -0.2) is 36.1 Å². The van der Waals surface area contributed by atoms with Crippen molar-refractivity contribution in [2.45, 2.75) is 76.4 Å². The number of aryl methyl sites for hydroxylation is 1. The smallest absolute Gasteiger partial charge is 0.222 e. The average Bonchev–Trinajstić information content (AvgIpc) is 3.24. The number of rotatable bonds is 17. The summed E-state index contributed by atoms with van der Waals surface area (Å²) in [5.41, 5.74) is 8.12. The monoisotopic (exact) mass is 734 g/mol. The van der Waals surface area contributed by atoms with Crippen molar-refractivity contribution < 1.29 is 28.8 Å². The van der Waals surface area contributed by atoms with Crippen LogP contribution in [0.2, 0.25) is 0 Å². The first-order chi connectivity index (χ1) is 27.1. The topological polar surface area (TPSA) is 66.4 Å². The fraction of sp³-hybridized carbons (Fsp3) is 0.265. The number of hydrogen-bond donors (Lipinski definition) is 1. The van der Waals surface area contributed by atoms with Gasteiger partial charge in [-0.3, -0.25) is 0 Å². The fourth-order valence-electron chi connectivity index (χ4n) is 7.12. The zero-order valence-corrected chi connectivity index (χ0v) is 31.4. The molecule has 282 valence electrons. The summed E-state index contributed by atoms with van der Waals surface area (Å²) in [5, 5.41) is 13.2. The van der Waals surface area contributed by atoms with E-state index in [2.05, 4.69) is 37.3 Å². The Labute approximate surface area is 325 Å². The molecular formula is C49H50O6. The van der Waals surface area contributed by atoms with Crippen molar-refractivity contribution in [1.82, 2.24) is 0 Å². The molecule has 1 aliphatic heterocycles. The molecule has 55 heavy (non-hydrogen) atoms. The fourth-order valence-corrected chi connectivity index (χ4v) is 7.12. The van der Waals surface area contributed by atoms with E-state index in [-0.39, 0.29) is 19.8 Å². The van der Waals surface area contributed by atoms with Crippen LogP contribution in [0.4, 0.5) is 0 Å². The maximum absolute atomic E-state index is 13.2. The third kappa shape index (κ3) is 10.2. The lowest BCUT2D eigenvalue weighted by molar-refractivity contribution is -0.378. The Kier molecular flexibility index (Phi) is 13.3. The van der Waals surface area contributed by atoms with Crippen LogP contribution in [0, 0.1) is 0 Å². The van der Waals surface area contributed by atoms with Crippen LogP contribution in [0.5, 0.6) is 0 Å². The number of benzene rings is 6. The summed E-state index contributed by atoms with van der Waals surface area (Å²) >= 11 is 0. The molecule has 0 aliphatic carbocycles. The molecule has 0 bridgehead atoms. The van der Waals surface area contributed by atoms with E-state index in [1.54, 1.807) is 0 Å². The molecule has 0 aromatic heterocycles. The Bertz CT molecular complexity index is 2010. The molecule has 7 rings (SSSR count). The minimum absolute atomic E-state index is 0.150. The van der Waals surface area contributed by atoms with Crippen molar-refractivity contribution in [3.63, 3.8) is 0 Å². The van der Waals surface area contributed by atoms with Gasteiger partial charge in [-0.2, -0.15) is 0 Å². The molecule has 6 heteroatoms. The second kappa shape index (κ2) is 19.1. The van der Waals surface area contributed by atoms with E-state index < -0.39 is 30.2 Å². The highest BCUT2D eigenvalue weighted by atomic mass is 16.7. The summed E-state index contributed by atoms with van der Waals surface area (Å²) < 4.78 is 33.8. The summed E-state index contributed by atoms with van der Waals surface area (Å²) in [4.78, 5) is 0. The van der Waals surface area contributed by atoms with Gasteiger partial charge in [-0.15, -0.1) is 0 Å². The van der Waals surface area contributed by atoms with Crippen molar-refractivity contribution in [2.24, 2.45) is 0 Å². The van der Waals surface area contributed by atoms with Gasteiger partial charge in [0, 0.05) is 5.56 Å². The standard InChI is InChI=1S/C49H50O6/c1-2-37-26-28-38(29-27-37)30-43-24-15-25-44(31-43)49(50)48(54-35-42-22-13-6-14-23-42)47(53-34-41-20-11-5-12-21-41)46(52-33-40-18-9-4-10-19-40)45(55-49)36-51-32-39-16-7-3-8-17-39/h3-29,31,45-48,50H,2,30,32-36H2,1H3. The summed E-state index contributed by atoms with van der Waals surface area (Å²) in [5.74, 6) is -1.93. The molecule has 0 saturated carbocycles. The van der Waals surface area contributed by atoms with E-state index in [9.17, 15) is 5.11 Å². The third-order valence-corrected chi connectivity index (χ3v) is 10.1. The first-order valence-corrected chi connectivity index (χ1v) is 19.2. The van der Waals surface area contributed by atoms with Gasteiger partial charge >= 0.3 is 0 Å². The molecule has 1 heterocycles. The maximum Gasteiger partial charge on any atom is 0.222 e. The van der Waals surface area contributed by atoms with Crippen LogP contribution in [0.15, 0.2) is 170 Å². The van der Waals surface area contributed by atoms with E-state index in [1.165, 1.54) is 11.1 Å². The molecule has 6 aromatic carbocycles. The van der Waals surface area contributed by atoms with Crippen LogP contribution in [0.1, 0.15) is 51.4 Å². The summed E-state index contributed by atoms with van der Waals surface area (Å²) in [6, 6.07) is 56.7. The summed E-state index contributed by atoms with van der Waals surface area (Å²) in [7, 11) is 0. The van der Waals surface area contributed by atoms with E-state index in [0.717, 1.165) is 34.2 Å². The quantitative estimate of drug-likeness (QED) is 0.101. The molecule has 5 unspecified atom stereocenters. The van der Waals surface area contributed by atoms with Gasteiger partial charge in [-0.05, 0) is 57.9 Å². The van der Waals surface area contributed by atoms with Gasteiger partial charge in [-0.1, -0.05) is 171 Å². The largest absolute Gasteiger partial charge is 0.374 e. The molecule has 0 spiro atoms. The SMILES string of the molecule is CCc1ccc(Cc2cccc(C3(O)OC(COCc4ccccc4)C(OCc4ccccc4)C(OCc4ccccc4)C3OCc3ccccc3)c2)cc1.